The molecule has 0 aliphatic rings. The van der Waals surface area contributed by atoms with Gasteiger partial charge in [-0.15, -0.1) is 10.2 Å². The Labute approximate surface area is 90.3 Å². The number of amides is 1. The number of aliphatic carboxylic acids is 1. The molecule has 0 saturated carbocycles. The number of nitrogens with zero attached hydrogens (tertiary/aromatic N) is 2. The van der Waals surface area contributed by atoms with Crippen molar-refractivity contribution in [2.24, 2.45) is 5.92 Å². The summed E-state index contributed by atoms with van der Waals surface area (Å²) in [6.45, 7) is 1.68. The molecule has 6 nitrogen and oxygen atoms in total. The molecule has 0 aliphatic heterocycles. The van der Waals surface area contributed by atoms with E-state index in [9.17, 15) is 14.7 Å². The van der Waals surface area contributed by atoms with Gasteiger partial charge >= 0.3 is 0 Å². The van der Waals surface area contributed by atoms with Crippen molar-refractivity contribution in [3.8, 4) is 0 Å². The smallest absolute Gasteiger partial charge is 0.226 e. The van der Waals surface area contributed by atoms with E-state index in [1.54, 1.807) is 6.92 Å². The summed E-state index contributed by atoms with van der Waals surface area (Å²) < 4.78 is 0. The third-order valence-corrected chi connectivity index (χ3v) is 2.26. The van der Waals surface area contributed by atoms with Crippen molar-refractivity contribution >= 4 is 28.3 Å². The van der Waals surface area contributed by atoms with E-state index in [4.69, 9.17) is 0 Å². The quantitative estimate of drug-likeness (QED) is 0.742. The molecule has 1 N–H and O–H groups in total. The Kier molecular flexibility index (Phi) is 4.17. The Bertz CT molecular complexity index is 339. The van der Waals surface area contributed by atoms with Crippen LogP contribution in [0.25, 0.3) is 0 Å². The molecule has 0 saturated heterocycles. The molecule has 0 radical (unpaired) electrons. The van der Waals surface area contributed by atoms with Crippen LogP contribution in [0.15, 0.2) is 5.51 Å². The Hall–Kier alpha value is -1.50. The first-order chi connectivity index (χ1) is 7.08. The van der Waals surface area contributed by atoms with Crippen LogP contribution in [0, 0.1) is 5.92 Å². The normalized spacial score (nSPS) is 12.1. The molecule has 1 aromatic rings. The summed E-state index contributed by atoms with van der Waals surface area (Å²) >= 11 is 1.21. The summed E-state index contributed by atoms with van der Waals surface area (Å²) in [4.78, 5) is 21.6. The van der Waals surface area contributed by atoms with E-state index in [0.29, 0.717) is 5.13 Å². The van der Waals surface area contributed by atoms with Crippen LogP contribution in [0.3, 0.4) is 0 Å². The summed E-state index contributed by atoms with van der Waals surface area (Å²) in [5, 5.41) is 20.4. The van der Waals surface area contributed by atoms with Crippen molar-refractivity contribution in [1.29, 1.82) is 0 Å². The molecule has 15 heavy (non-hydrogen) atoms. The third-order valence-electron chi connectivity index (χ3n) is 1.66. The molecule has 1 rings (SSSR count). The van der Waals surface area contributed by atoms with Crippen molar-refractivity contribution in [3.63, 3.8) is 0 Å². The van der Waals surface area contributed by atoms with Crippen LogP contribution in [-0.4, -0.2) is 22.1 Å². The summed E-state index contributed by atoms with van der Waals surface area (Å²) in [6.07, 6.45) is 0.0110. The number of carbonyl (C=O) groups is 2. The van der Waals surface area contributed by atoms with Gasteiger partial charge in [0.25, 0.3) is 0 Å². The van der Waals surface area contributed by atoms with Gasteiger partial charge in [0.15, 0.2) is 0 Å². The van der Waals surface area contributed by atoms with Crippen molar-refractivity contribution < 1.29 is 14.7 Å². The number of hydrogen-bond acceptors (Lipinski definition) is 6. The molecule has 82 valence electrons. The molecular weight excluding hydrogens is 218 g/mol. The third kappa shape index (κ3) is 4.50. The second-order valence-corrected chi connectivity index (χ2v) is 4.01. The van der Waals surface area contributed by atoms with E-state index in [1.807, 2.05) is 0 Å². The minimum absolute atomic E-state index is 0.121. The lowest BCUT2D eigenvalue weighted by atomic mass is 10.0. The summed E-state index contributed by atoms with van der Waals surface area (Å²) in [5.74, 6) is -1.66. The molecule has 7 heteroatoms. The van der Waals surface area contributed by atoms with Crippen LogP contribution in [0.2, 0.25) is 0 Å². The number of carboxylic acid groups (broad SMARTS) is 1. The number of anilines is 1. The number of hydrogen-bond donors (Lipinski definition) is 1. The lowest BCUT2D eigenvalue weighted by Gasteiger charge is -2.10. The first-order valence-electron chi connectivity index (χ1n) is 4.33. The molecule has 0 aliphatic carbocycles. The Morgan fingerprint density at radius 1 is 1.60 bits per heavy atom. The van der Waals surface area contributed by atoms with Gasteiger partial charge in [-0.1, -0.05) is 18.3 Å². The van der Waals surface area contributed by atoms with Crippen molar-refractivity contribution in [3.05, 3.63) is 5.51 Å². The zero-order chi connectivity index (χ0) is 11.3. The lowest BCUT2D eigenvalue weighted by molar-refractivity contribution is -0.306. The number of carbonyl (C=O) groups excluding carboxylic acids is 2. The van der Waals surface area contributed by atoms with Gasteiger partial charge in [0.1, 0.15) is 5.51 Å². The first kappa shape index (κ1) is 11.6. The van der Waals surface area contributed by atoms with Gasteiger partial charge in [-0.3, -0.25) is 4.79 Å². The summed E-state index contributed by atoms with van der Waals surface area (Å²) in [7, 11) is 0. The maximum atomic E-state index is 11.3. The lowest BCUT2D eigenvalue weighted by Crippen LogP contribution is -2.26. The molecule has 0 spiro atoms. The van der Waals surface area contributed by atoms with Crippen LogP contribution in [-0.2, 0) is 9.59 Å². The summed E-state index contributed by atoms with van der Waals surface area (Å²) in [6, 6.07) is 0. The Balaban J connectivity index is 2.33. The average molecular weight is 228 g/mol. The van der Waals surface area contributed by atoms with E-state index in [0.717, 1.165) is 0 Å². The molecule has 0 fully saturated rings. The minimum Gasteiger partial charge on any atom is -0.550 e. The zero-order valence-electron chi connectivity index (χ0n) is 8.10. The number of aromatic nitrogens is 2. The second kappa shape index (κ2) is 5.40. The predicted octanol–water partition coefficient (Wildman–Crippen LogP) is -0.357. The van der Waals surface area contributed by atoms with E-state index >= 15 is 0 Å². The molecule has 0 aromatic carbocycles. The van der Waals surface area contributed by atoms with Gasteiger partial charge in [0.2, 0.25) is 11.0 Å². The molecule has 1 aromatic heterocycles. The van der Waals surface area contributed by atoms with Crippen LogP contribution in [0.4, 0.5) is 5.13 Å². The van der Waals surface area contributed by atoms with E-state index < -0.39 is 5.97 Å². The van der Waals surface area contributed by atoms with Gasteiger partial charge in [-0.2, -0.15) is 0 Å². The second-order valence-electron chi connectivity index (χ2n) is 3.18. The molecule has 1 heterocycles. The fraction of sp³-hybridized carbons (Fsp3) is 0.500. The molecule has 0 unspecified atom stereocenters. The van der Waals surface area contributed by atoms with Crippen molar-refractivity contribution in [2.45, 2.75) is 19.8 Å². The Morgan fingerprint density at radius 3 is 2.87 bits per heavy atom. The highest BCUT2D eigenvalue weighted by molar-refractivity contribution is 7.13. The SMILES string of the molecule is C[C@@H](CC(=O)[O-])CC(=O)Nc1nncs1. The predicted molar refractivity (Wildman–Crippen MR) is 51.9 cm³/mol. The average Bonchev–Trinajstić information content (AvgIpc) is 2.53. The monoisotopic (exact) mass is 228 g/mol. The topological polar surface area (TPSA) is 95.0 Å². The van der Waals surface area contributed by atoms with Gasteiger partial charge < -0.3 is 15.2 Å². The van der Waals surface area contributed by atoms with Crippen molar-refractivity contribution in [1.82, 2.24) is 10.2 Å². The van der Waals surface area contributed by atoms with Crippen LogP contribution >= 0.6 is 11.3 Å². The largest absolute Gasteiger partial charge is 0.550 e. The van der Waals surface area contributed by atoms with Gasteiger partial charge in [0, 0.05) is 12.4 Å². The number of rotatable bonds is 5. The van der Waals surface area contributed by atoms with E-state index in [1.165, 1.54) is 16.8 Å². The van der Waals surface area contributed by atoms with E-state index in [-0.39, 0.29) is 24.7 Å². The van der Waals surface area contributed by atoms with Crippen molar-refractivity contribution in [2.75, 3.05) is 5.32 Å². The van der Waals surface area contributed by atoms with Crippen LogP contribution < -0.4 is 10.4 Å². The minimum atomic E-state index is -1.15. The maximum Gasteiger partial charge on any atom is 0.226 e. The zero-order valence-corrected chi connectivity index (χ0v) is 8.91. The fourth-order valence-corrected chi connectivity index (χ4v) is 1.53. The van der Waals surface area contributed by atoms with E-state index in [2.05, 4.69) is 15.5 Å². The highest BCUT2D eigenvalue weighted by Gasteiger charge is 2.10. The van der Waals surface area contributed by atoms with Gasteiger partial charge in [0.05, 0.1) is 0 Å². The number of carboxylic acids is 1. The van der Waals surface area contributed by atoms with Gasteiger partial charge in [-0.25, -0.2) is 0 Å². The van der Waals surface area contributed by atoms with Crippen LogP contribution in [0.5, 0.6) is 0 Å². The molecule has 1 amide bonds. The molecule has 1 atom stereocenters. The molecule has 0 bridgehead atoms. The Morgan fingerprint density at radius 2 is 2.33 bits per heavy atom. The molecular formula is C8H10N3O3S-. The summed E-state index contributed by atoms with van der Waals surface area (Å²) in [5.41, 5.74) is 1.50. The van der Waals surface area contributed by atoms with Gasteiger partial charge in [-0.05, 0) is 12.3 Å². The first-order valence-corrected chi connectivity index (χ1v) is 5.21. The fourth-order valence-electron chi connectivity index (χ4n) is 1.07. The highest BCUT2D eigenvalue weighted by Crippen LogP contribution is 2.11. The van der Waals surface area contributed by atoms with Crippen LogP contribution in [0.1, 0.15) is 19.8 Å². The highest BCUT2D eigenvalue weighted by atomic mass is 32.1. The standard InChI is InChI=1S/C8H11N3O3S/c1-5(3-7(13)14)2-6(12)10-8-11-9-4-15-8/h4-5H,2-3H2,1H3,(H,13,14)(H,10,11,12)/p-1/t5-/m1/s1. The maximum absolute atomic E-state index is 11.3. The number of nitrogens with one attached hydrogen (secondary N) is 1.